The van der Waals surface area contributed by atoms with E-state index in [0.29, 0.717) is 18.2 Å². The monoisotopic (exact) mass is 311 g/mol. The molecular weight excluding hydrogens is 294 g/mol. The zero-order valence-corrected chi connectivity index (χ0v) is 13.0. The highest BCUT2D eigenvalue weighted by atomic mass is 16.6. The summed E-state index contributed by atoms with van der Waals surface area (Å²) in [7, 11) is 1.83. The Morgan fingerprint density at radius 1 is 1.35 bits per heavy atom. The molecule has 118 valence electrons. The molecule has 7 nitrogen and oxygen atoms in total. The van der Waals surface area contributed by atoms with Gasteiger partial charge < -0.3 is 20.0 Å². The van der Waals surface area contributed by atoms with E-state index < -0.39 is 4.92 Å². The Hall–Kier alpha value is -2.83. The summed E-state index contributed by atoms with van der Waals surface area (Å²) < 4.78 is 1.80. The van der Waals surface area contributed by atoms with E-state index in [0.717, 1.165) is 18.5 Å². The third-order valence-corrected chi connectivity index (χ3v) is 4.63. The van der Waals surface area contributed by atoms with E-state index in [4.69, 9.17) is 0 Å². The second-order valence-corrected chi connectivity index (χ2v) is 5.92. The first kappa shape index (κ1) is 13.8. The van der Waals surface area contributed by atoms with Crippen LogP contribution < -0.4 is 4.90 Å². The van der Waals surface area contributed by atoms with E-state index in [1.54, 1.807) is 11.5 Å². The lowest BCUT2D eigenvalue weighted by atomic mass is 10.0. The molecule has 0 unspecified atom stereocenters. The first-order valence-corrected chi connectivity index (χ1v) is 7.57. The quantitative estimate of drug-likeness (QED) is 0.583. The van der Waals surface area contributed by atoms with Crippen LogP contribution in [-0.2, 0) is 20.0 Å². The first-order chi connectivity index (χ1) is 11.1. The summed E-state index contributed by atoms with van der Waals surface area (Å²) in [6, 6.07) is 8.19. The number of nitrogens with one attached hydrogen (secondary N) is 1. The van der Waals surface area contributed by atoms with Crippen LogP contribution in [0.2, 0.25) is 0 Å². The number of aromatic nitrogens is 3. The number of benzene rings is 1. The summed E-state index contributed by atoms with van der Waals surface area (Å²) in [6.07, 6.45) is 0.839. The maximum Gasteiger partial charge on any atom is 0.406 e. The van der Waals surface area contributed by atoms with E-state index in [9.17, 15) is 10.1 Å². The minimum atomic E-state index is -0.396. The zero-order chi connectivity index (χ0) is 16.1. The van der Waals surface area contributed by atoms with Gasteiger partial charge in [-0.1, -0.05) is 18.2 Å². The Kier molecular flexibility index (Phi) is 2.90. The van der Waals surface area contributed by atoms with E-state index in [2.05, 4.69) is 27.0 Å². The van der Waals surface area contributed by atoms with Gasteiger partial charge in [0.25, 0.3) is 0 Å². The highest BCUT2D eigenvalue weighted by Gasteiger charge is 2.31. The summed E-state index contributed by atoms with van der Waals surface area (Å²) in [4.78, 5) is 20.6. The van der Waals surface area contributed by atoms with Crippen LogP contribution >= 0.6 is 0 Å². The minimum Gasteiger partial charge on any atom is -0.358 e. The molecule has 1 aliphatic rings. The normalized spacial score (nSPS) is 14.3. The van der Waals surface area contributed by atoms with Gasteiger partial charge in [0.05, 0.1) is 0 Å². The molecule has 4 rings (SSSR count). The molecule has 0 fully saturated rings. The summed E-state index contributed by atoms with van der Waals surface area (Å²) in [5, 5.41) is 12.5. The number of anilines is 1. The van der Waals surface area contributed by atoms with Crippen molar-refractivity contribution in [2.45, 2.75) is 19.9 Å². The van der Waals surface area contributed by atoms with Gasteiger partial charge in [-0.3, -0.25) is 4.57 Å². The smallest absolute Gasteiger partial charge is 0.358 e. The van der Waals surface area contributed by atoms with E-state index >= 15 is 0 Å². The van der Waals surface area contributed by atoms with Crippen molar-refractivity contribution >= 4 is 22.5 Å². The molecule has 0 aliphatic carbocycles. The number of hydrogen-bond acceptors (Lipinski definition) is 4. The molecule has 23 heavy (non-hydrogen) atoms. The molecule has 3 aromatic rings. The SMILES string of the molecule is Cc1nc([N+](=O)[O-])c(N2CCc3[nH]c4ccccc4c3C2)n1C. The summed E-state index contributed by atoms with van der Waals surface area (Å²) in [6.45, 7) is 3.18. The molecule has 0 atom stereocenters. The van der Waals surface area contributed by atoms with Gasteiger partial charge in [-0.25, -0.2) is 0 Å². The Morgan fingerprint density at radius 2 is 2.13 bits per heavy atom. The Bertz CT molecular complexity index is 924. The van der Waals surface area contributed by atoms with Gasteiger partial charge in [-0.2, -0.15) is 0 Å². The van der Waals surface area contributed by atoms with E-state index in [-0.39, 0.29) is 5.82 Å². The summed E-state index contributed by atoms with van der Waals surface area (Å²) in [5.41, 5.74) is 3.57. The number of aromatic amines is 1. The average molecular weight is 311 g/mol. The molecule has 0 radical (unpaired) electrons. The molecule has 2 aromatic heterocycles. The topological polar surface area (TPSA) is 80.0 Å². The predicted octanol–water partition coefficient (Wildman–Crippen LogP) is 2.68. The molecule has 0 amide bonds. The summed E-state index contributed by atoms with van der Waals surface area (Å²) in [5.74, 6) is 1.17. The van der Waals surface area contributed by atoms with Crippen LogP contribution in [0.5, 0.6) is 0 Å². The molecular formula is C16H17N5O2. The molecule has 0 spiro atoms. The lowest BCUT2D eigenvalue weighted by molar-refractivity contribution is -0.388. The molecule has 0 saturated carbocycles. The average Bonchev–Trinajstić information content (AvgIpc) is 3.05. The van der Waals surface area contributed by atoms with Gasteiger partial charge in [-0.05, 0) is 16.0 Å². The van der Waals surface area contributed by atoms with Crippen molar-refractivity contribution in [2.75, 3.05) is 11.4 Å². The van der Waals surface area contributed by atoms with Gasteiger partial charge in [0.1, 0.15) is 0 Å². The molecule has 3 heterocycles. The van der Waals surface area contributed by atoms with Crippen molar-refractivity contribution in [1.82, 2.24) is 14.5 Å². The van der Waals surface area contributed by atoms with Crippen LogP contribution in [0.25, 0.3) is 10.9 Å². The van der Waals surface area contributed by atoms with Gasteiger partial charge in [-0.15, -0.1) is 0 Å². The second kappa shape index (κ2) is 4.84. The van der Waals surface area contributed by atoms with Crippen LogP contribution in [-0.4, -0.2) is 26.0 Å². The fraction of sp³-hybridized carbons (Fsp3) is 0.312. The van der Waals surface area contributed by atoms with E-state index in [1.165, 1.54) is 16.6 Å². The number of imidazole rings is 1. The van der Waals surface area contributed by atoms with Crippen molar-refractivity contribution in [1.29, 1.82) is 0 Å². The third-order valence-electron chi connectivity index (χ3n) is 4.63. The van der Waals surface area contributed by atoms with Crippen LogP contribution in [0.3, 0.4) is 0 Å². The lowest BCUT2D eigenvalue weighted by Gasteiger charge is -2.28. The minimum absolute atomic E-state index is 0.0618. The highest BCUT2D eigenvalue weighted by molar-refractivity contribution is 5.85. The van der Waals surface area contributed by atoms with Crippen molar-refractivity contribution in [3.63, 3.8) is 0 Å². The van der Waals surface area contributed by atoms with Crippen molar-refractivity contribution < 1.29 is 4.92 Å². The first-order valence-electron chi connectivity index (χ1n) is 7.57. The largest absolute Gasteiger partial charge is 0.406 e. The molecule has 0 saturated heterocycles. The molecule has 1 aromatic carbocycles. The van der Waals surface area contributed by atoms with Crippen LogP contribution in [0, 0.1) is 17.0 Å². The fourth-order valence-corrected chi connectivity index (χ4v) is 3.40. The maximum absolute atomic E-state index is 11.3. The zero-order valence-electron chi connectivity index (χ0n) is 13.0. The standard InChI is InChI=1S/C16H17N5O2/c1-10-17-15(21(22)23)16(19(10)2)20-8-7-14-12(9-20)11-5-3-4-6-13(11)18-14/h3-6,18H,7-9H2,1-2H3. The Morgan fingerprint density at radius 3 is 2.91 bits per heavy atom. The van der Waals surface area contributed by atoms with Gasteiger partial charge >= 0.3 is 5.82 Å². The number of nitrogens with zero attached hydrogens (tertiary/aromatic N) is 4. The molecule has 0 bridgehead atoms. The van der Waals surface area contributed by atoms with E-state index in [1.807, 2.05) is 19.2 Å². The van der Waals surface area contributed by atoms with Crippen molar-refractivity contribution in [3.8, 4) is 0 Å². The fourth-order valence-electron chi connectivity index (χ4n) is 3.40. The summed E-state index contributed by atoms with van der Waals surface area (Å²) >= 11 is 0. The van der Waals surface area contributed by atoms with Gasteiger partial charge in [0, 0.05) is 55.6 Å². The molecule has 7 heteroatoms. The highest BCUT2D eigenvalue weighted by Crippen LogP contribution is 2.34. The Labute approximate surface area is 132 Å². The number of para-hydroxylation sites is 1. The number of aryl methyl sites for hydroxylation is 1. The molecule has 1 aliphatic heterocycles. The van der Waals surface area contributed by atoms with Gasteiger partial charge in [0.15, 0.2) is 0 Å². The predicted molar refractivity (Wildman–Crippen MR) is 87.7 cm³/mol. The van der Waals surface area contributed by atoms with Crippen LogP contribution in [0.4, 0.5) is 11.6 Å². The number of H-pyrrole nitrogens is 1. The second-order valence-electron chi connectivity index (χ2n) is 5.92. The third kappa shape index (κ3) is 2.00. The molecule has 1 N–H and O–H groups in total. The van der Waals surface area contributed by atoms with Gasteiger partial charge in [0.2, 0.25) is 11.6 Å². The number of hydrogen-bond donors (Lipinski definition) is 1. The maximum atomic E-state index is 11.3. The van der Waals surface area contributed by atoms with Crippen molar-refractivity contribution in [3.05, 3.63) is 51.5 Å². The lowest BCUT2D eigenvalue weighted by Crippen LogP contribution is -2.32. The Balaban J connectivity index is 1.81. The van der Waals surface area contributed by atoms with Crippen LogP contribution in [0.15, 0.2) is 24.3 Å². The number of nitro groups is 1. The number of fused-ring (bicyclic) bond motifs is 3. The van der Waals surface area contributed by atoms with Crippen LogP contribution in [0.1, 0.15) is 17.1 Å². The van der Waals surface area contributed by atoms with Crippen molar-refractivity contribution in [2.24, 2.45) is 7.05 Å². The number of rotatable bonds is 2.